The summed E-state index contributed by atoms with van der Waals surface area (Å²) in [5, 5.41) is 15.9. The minimum atomic E-state index is -0.737. The lowest BCUT2D eigenvalue weighted by Crippen LogP contribution is -2.44. The maximum Gasteiger partial charge on any atom is 0.323 e. The summed E-state index contributed by atoms with van der Waals surface area (Å²) in [5.74, 6) is 0.123. The van der Waals surface area contributed by atoms with Gasteiger partial charge in [0, 0.05) is 18.6 Å². The third-order valence-electron chi connectivity index (χ3n) is 4.35. The van der Waals surface area contributed by atoms with E-state index < -0.39 is 11.5 Å². The molecule has 98 valence electrons. The molecule has 2 fully saturated rings. The van der Waals surface area contributed by atoms with Crippen LogP contribution in [0.3, 0.4) is 0 Å². The Labute approximate surface area is 103 Å². The van der Waals surface area contributed by atoms with Crippen molar-refractivity contribution < 1.29 is 9.90 Å². The van der Waals surface area contributed by atoms with Crippen LogP contribution in [0.1, 0.15) is 46.0 Å². The van der Waals surface area contributed by atoms with Crippen molar-refractivity contribution in [3.05, 3.63) is 0 Å². The van der Waals surface area contributed by atoms with E-state index in [9.17, 15) is 4.79 Å². The van der Waals surface area contributed by atoms with E-state index in [0.29, 0.717) is 18.5 Å². The van der Waals surface area contributed by atoms with Gasteiger partial charge in [-0.1, -0.05) is 6.92 Å². The molecule has 0 aromatic heterocycles. The van der Waals surface area contributed by atoms with Gasteiger partial charge in [0.25, 0.3) is 0 Å². The number of carbonyl (C=O) groups is 1. The highest BCUT2D eigenvalue weighted by molar-refractivity contribution is 5.78. The van der Waals surface area contributed by atoms with Gasteiger partial charge >= 0.3 is 5.97 Å². The number of aliphatic carboxylic acids is 1. The second-order valence-corrected chi connectivity index (χ2v) is 6.04. The van der Waals surface area contributed by atoms with E-state index in [-0.39, 0.29) is 0 Å². The molecule has 1 saturated heterocycles. The topological polar surface area (TPSA) is 61.4 Å². The quantitative estimate of drug-likeness (QED) is 0.697. The van der Waals surface area contributed by atoms with Gasteiger partial charge in [0.2, 0.25) is 0 Å². The Morgan fingerprint density at radius 2 is 1.94 bits per heavy atom. The van der Waals surface area contributed by atoms with E-state index >= 15 is 0 Å². The van der Waals surface area contributed by atoms with Gasteiger partial charge < -0.3 is 15.7 Å². The lowest BCUT2D eigenvalue weighted by molar-refractivity contribution is -0.143. The van der Waals surface area contributed by atoms with Crippen molar-refractivity contribution in [3.63, 3.8) is 0 Å². The number of carboxylic acids is 1. The predicted molar refractivity (Wildman–Crippen MR) is 67.0 cm³/mol. The highest BCUT2D eigenvalue weighted by atomic mass is 16.4. The summed E-state index contributed by atoms with van der Waals surface area (Å²) < 4.78 is 0. The lowest BCUT2D eigenvalue weighted by Gasteiger charge is -2.29. The zero-order valence-corrected chi connectivity index (χ0v) is 10.8. The first kappa shape index (κ1) is 12.8. The van der Waals surface area contributed by atoms with Crippen molar-refractivity contribution in [1.82, 2.24) is 10.6 Å². The molecule has 1 aliphatic carbocycles. The molecular weight excluding hydrogens is 216 g/mol. The molecule has 4 nitrogen and oxygen atoms in total. The summed E-state index contributed by atoms with van der Waals surface area (Å²) in [7, 11) is 0. The standard InChI is InChI=1S/C13H24N2O2/c1-9-3-5-10(6-4-9)15-11-7-13(2,12(16)17)14-8-11/h9-11,14-15H,3-8H2,1-2H3,(H,16,17)/t9-,10+,11-,13-/m0/s1. The second-order valence-electron chi connectivity index (χ2n) is 6.04. The molecule has 2 rings (SSSR count). The van der Waals surface area contributed by atoms with Crippen LogP contribution in [0, 0.1) is 5.92 Å². The molecule has 1 aliphatic heterocycles. The molecule has 4 heteroatoms. The molecule has 1 heterocycles. The number of hydrogen-bond acceptors (Lipinski definition) is 3. The smallest absolute Gasteiger partial charge is 0.323 e. The molecule has 0 unspecified atom stereocenters. The van der Waals surface area contributed by atoms with Gasteiger partial charge in [0.1, 0.15) is 5.54 Å². The fourth-order valence-corrected chi connectivity index (χ4v) is 3.03. The summed E-state index contributed by atoms with van der Waals surface area (Å²) in [6.07, 6.45) is 5.76. The largest absolute Gasteiger partial charge is 0.480 e. The first-order valence-corrected chi connectivity index (χ1v) is 6.74. The summed E-state index contributed by atoms with van der Waals surface area (Å²) in [6, 6.07) is 0.906. The number of hydrogen-bond donors (Lipinski definition) is 3. The van der Waals surface area contributed by atoms with Crippen LogP contribution in [0.15, 0.2) is 0 Å². The summed E-state index contributed by atoms with van der Waals surface area (Å²) in [5.41, 5.74) is -0.736. The number of rotatable bonds is 3. The van der Waals surface area contributed by atoms with Crippen LogP contribution in [-0.2, 0) is 4.79 Å². The van der Waals surface area contributed by atoms with Crippen LogP contribution in [0.4, 0.5) is 0 Å². The Bertz CT molecular complexity index is 287. The average molecular weight is 240 g/mol. The van der Waals surface area contributed by atoms with Crippen LogP contribution in [-0.4, -0.2) is 35.2 Å². The van der Waals surface area contributed by atoms with Crippen molar-refractivity contribution in [3.8, 4) is 0 Å². The first-order chi connectivity index (χ1) is 7.99. The van der Waals surface area contributed by atoms with E-state index in [4.69, 9.17) is 5.11 Å². The zero-order valence-electron chi connectivity index (χ0n) is 10.8. The molecular formula is C13H24N2O2. The Morgan fingerprint density at radius 1 is 1.29 bits per heavy atom. The summed E-state index contributed by atoms with van der Waals surface area (Å²) in [4.78, 5) is 11.1. The summed E-state index contributed by atoms with van der Waals surface area (Å²) in [6.45, 7) is 4.86. The third-order valence-corrected chi connectivity index (χ3v) is 4.35. The van der Waals surface area contributed by atoms with Crippen molar-refractivity contribution in [1.29, 1.82) is 0 Å². The Morgan fingerprint density at radius 3 is 2.47 bits per heavy atom. The Kier molecular flexibility index (Phi) is 3.73. The SMILES string of the molecule is C[C@@]1(C(=O)O)C[C@H](N[C@H]2CC[C@@H](C)CC2)CN1. The van der Waals surface area contributed by atoms with Gasteiger partial charge in [0.15, 0.2) is 0 Å². The molecule has 0 radical (unpaired) electrons. The minimum absolute atomic E-state index is 0.314. The molecule has 2 atom stereocenters. The van der Waals surface area contributed by atoms with Gasteiger partial charge in [0.05, 0.1) is 0 Å². The van der Waals surface area contributed by atoms with E-state index in [2.05, 4.69) is 17.6 Å². The van der Waals surface area contributed by atoms with Gasteiger partial charge in [-0.3, -0.25) is 4.79 Å². The van der Waals surface area contributed by atoms with Crippen LogP contribution < -0.4 is 10.6 Å². The third kappa shape index (κ3) is 2.99. The van der Waals surface area contributed by atoms with Crippen molar-refractivity contribution in [2.45, 2.75) is 63.6 Å². The van der Waals surface area contributed by atoms with Gasteiger partial charge in [-0.25, -0.2) is 0 Å². The van der Waals surface area contributed by atoms with E-state index in [1.54, 1.807) is 6.92 Å². The van der Waals surface area contributed by atoms with Gasteiger partial charge in [-0.15, -0.1) is 0 Å². The molecule has 0 aromatic carbocycles. The van der Waals surface area contributed by atoms with Crippen LogP contribution >= 0.6 is 0 Å². The number of nitrogens with one attached hydrogen (secondary N) is 2. The van der Waals surface area contributed by atoms with Gasteiger partial charge in [-0.05, 0) is 44.9 Å². The first-order valence-electron chi connectivity index (χ1n) is 6.74. The van der Waals surface area contributed by atoms with E-state index in [0.717, 1.165) is 12.5 Å². The van der Waals surface area contributed by atoms with E-state index in [1.165, 1.54) is 25.7 Å². The maximum atomic E-state index is 11.1. The Balaban J connectivity index is 1.80. The van der Waals surface area contributed by atoms with E-state index in [1.807, 2.05) is 0 Å². The molecule has 0 aromatic rings. The number of carboxylic acid groups (broad SMARTS) is 1. The van der Waals surface area contributed by atoms with Crippen molar-refractivity contribution in [2.24, 2.45) is 5.92 Å². The lowest BCUT2D eigenvalue weighted by atomic mass is 9.87. The van der Waals surface area contributed by atoms with Crippen molar-refractivity contribution in [2.75, 3.05) is 6.54 Å². The minimum Gasteiger partial charge on any atom is -0.480 e. The zero-order chi connectivity index (χ0) is 12.5. The predicted octanol–water partition coefficient (Wildman–Crippen LogP) is 1.36. The van der Waals surface area contributed by atoms with Crippen LogP contribution in [0.2, 0.25) is 0 Å². The molecule has 3 N–H and O–H groups in total. The molecule has 1 saturated carbocycles. The second kappa shape index (κ2) is 4.94. The monoisotopic (exact) mass is 240 g/mol. The van der Waals surface area contributed by atoms with Crippen molar-refractivity contribution >= 4 is 5.97 Å². The molecule has 0 spiro atoms. The maximum absolute atomic E-state index is 11.1. The normalized spacial score (nSPS) is 42.6. The average Bonchev–Trinajstić information content (AvgIpc) is 2.65. The molecule has 2 aliphatic rings. The fourth-order valence-electron chi connectivity index (χ4n) is 3.03. The molecule has 0 amide bonds. The summed E-state index contributed by atoms with van der Waals surface area (Å²) >= 11 is 0. The molecule has 17 heavy (non-hydrogen) atoms. The Hall–Kier alpha value is -0.610. The highest BCUT2D eigenvalue weighted by Crippen LogP contribution is 2.26. The van der Waals surface area contributed by atoms with Crippen LogP contribution in [0.25, 0.3) is 0 Å². The van der Waals surface area contributed by atoms with Gasteiger partial charge in [-0.2, -0.15) is 0 Å². The fraction of sp³-hybridized carbons (Fsp3) is 0.923. The highest BCUT2D eigenvalue weighted by Gasteiger charge is 2.41. The molecule has 0 bridgehead atoms. The van der Waals surface area contributed by atoms with Crippen LogP contribution in [0.5, 0.6) is 0 Å².